The fourth-order valence-corrected chi connectivity index (χ4v) is 5.66. The molecule has 8 heteroatoms. The Labute approximate surface area is 216 Å². The van der Waals surface area contributed by atoms with Crippen molar-refractivity contribution in [1.29, 1.82) is 0 Å². The topological polar surface area (TPSA) is 19.4 Å². The minimum absolute atomic E-state index is 1.07. The molecular weight excluding hydrogens is 460 g/mol. The van der Waals surface area contributed by atoms with Crippen molar-refractivity contribution in [3.63, 3.8) is 0 Å². The van der Waals surface area contributed by atoms with E-state index in [9.17, 15) is 0 Å². The van der Waals surface area contributed by atoms with Crippen molar-refractivity contribution >= 4 is 22.7 Å². The van der Waals surface area contributed by atoms with E-state index in [2.05, 4.69) is 92.6 Å². The van der Waals surface area contributed by atoms with E-state index in [1.54, 1.807) is 0 Å². The highest BCUT2D eigenvalue weighted by Gasteiger charge is 2.14. The van der Waals surface area contributed by atoms with Crippen molar-refractivity contribution in [2.45, 2.75) is 13.1 Å². The van der Waals surface area contributed by atoms with Gasteiger partial charge in [0.2, 0.25) is 0 Å². The Balaban J connectivity index is 1.60. The van der Waals surface area contributed by atoms with Crippen molar-refractivity contribution in [2.24, 2.45) is 0 Å². The fourth-order valence-electron chi connectivity index (χ4n) is 4.16. The summed E-state index contributed by atoms with van der Waals surface area (Å²) in [4.78, 5) is 18.2. The lowest BCUT2D eigenvalue weighted by atomic mass is 10.3. The van der Waals surface area contributed by atoms with Crippen molar-refractivity contribution in [3.8, 4) is 0 Å². The molecule has 0 bridgehead atoms. The molecule has 6 nitrogen and oxygen atoms in total. The first-order chi connectivity index (χ1) is 16.5. The van der Waals surface area contributed by atoms with Crippen LogP contribution in [0.15, 0.2) is 35.0 Å². The van der Waals surface area contributed by atoms with Crippen LogP contribution in [-0.4, -0.2) is 136 Å². The molecule has 1 fully saturated rings. The molecule has 1 saturated heterocycles. The van der Waals surface area contributed by atoms with E-state index in [-0.39, 0.29) is 0 Å². The Hall–Kier alpha value is -0.840. The lowest BCUT2D eigenvalue weighted by molar-refractivity contribution is 0.157. The zero-order valence-electron chi connectivity index (χ0n) is 21.9. The van der Waals surface area contributed by atoms with Crippen LogP contribution >= 0.6 is 22.7 Å². The zero-order valence-corrected chi connectivity index (χ0v) is 23.5. The molecule has 1 aliphatic heterocycles. The molecule has 3 rings (SSSR count). The summed E-state index contributed by atoms with van der Waals surface area (Å²) in [6.45, 7) is 15.6. The molecular formula is C26H46N6S2. The van der Waals surface area contributed by atoms with Gasteiger partial charge in [0.15, 0.2) is 0 Å². The summed E-state index contributed by atoms with van der Waals surface area (Å²) in [5.74, 6) is 0. The predicted molar refractivity (Wildman–Crippen MR) is 149 cm³/mol. The third kappa shape index (κ3) is 10.8. The maximum atomic E-state index is 2.64. The molecule has 0 aromatic carbocycles. The van der Waals surface area contributed by atoms with E-state index >= 15 is 0 Å². The minimum atomic E-state index is 1.07. The highest BCUT2D eigenvalue weighted by Crippen LogP contribution is 2.13. The smallest absolute Gasteiger partial charge is 0.0328 e. The van der Waals surface area contributed by atoms with Gasteiger partial charge in [0.25, 0.3) is 0 Å². The average Bonchev–Trinajstić information content (AvgIpc) is 3.53. The Morgan fingerprint density at radius 3 is 1.06 bits per heavy atom. The molecule has 0 saturated carbocycles. The first-order valence-electron chi connectivity index (χ1n) is 12.7. The molecule has 0 spiro atoms. The van der Waals surface area contributed by atoms with Crippen LogP contribution in [0.3, 0.4) is 0 Å². The van der Waals surface area contributed by atoms with Crippen LogP contribution in [-0.2, 0) is 13.1 Å². The number of thiophene rings is 2. The normalized spacial score (nSPS) is 22.0. The molecule has 0 radical (unpaired) electrons. The number of likely N-dealkylation sites (N-methyl/N-ethyl adjacent to an activating group) is 4. The van der Waals surface area contributed by atoms with Gasteiger partial charge in [-0.1, -0.05) is 12.1 Å². The van der Waals surface area contributed by atoms with Crippen molar-refractivity contribution in [2.75, 3.05) is 107 Å². The van der Waals surface area contributed by atoms with Crippen LogP contribution in [0.5, 0.6) is 0 Å². The highest BCUT2D eigenvalue weighted by atomic mass is 32.1. The molecule has 0 unspecified atom stereocenters. The summed E-state index contributed by atoms with van der Waals surface area (Å²) >= 11 is 3.76. The minimum Gasteiger partial charge on any atom is -0.304 e. The second kappa shape index (κ2) is 15.3. The van der Waals surface area contributed by atoms with Crippen LogP contribution in [0, 0.1) is 0 Å². The van der Waals surface area contributed by atoms with E-state index in [1.807, 2.05) is 22.7 Å². The lowest BCUT2D eigenvalue weighted by Crippen LogP contribution is -2.43. The molecule has 192 valence electrons. The third-order valence-corrected chi connectivity index (χ3v) is 8.56. The van der Waals surface area contributed by atoms with E-state index in [0.717, 1.165) is 91.6 Å². The van der Waals surface area contributed by atoms with E-state index < -0.39 is 0 Å². The number of hydrogen-bond acceptors (Lipinski definition) is 8. The highest BCUT2D eigenvalue weighted by molar-refractivity contribution is 7.10. The molecule has 34 heavy (non-hydrogen) atoms. The lowest BCUT2D eigenvalue weighted by Gasteiger charge is -2.31. The summed E-state index contributed by atoms with van der Waals surface area (Å²) < 4.78 is 0. The predicted octanol–water partition coefficient (Wildman–Crippen LogP) is 2.85. The van der Waals surface area contributed by atoms with Gasteiger partial charge in [-0.25, -0.2) is 0 Å². The molecule has 3 heterocycles. The fraction of sp³-hybridized carbons (Fsp3) is 0.692. The van der Waals surface area contributed by atoms with Crippen LogP contribution in [0.25, 0.3) is 0 Å². The van der Waals surface area contributed by atoms with Crippen molar-refractivity contribution < 1.29 is 0 Å². The SMILES string of the molecule is CN1CCN(C)CCN(Cc2cccs2)CCN(C)CCN(Cc2cccs2)CCN(C)CC1. The van der Waals surface area contributed by atoms with E-state index in [4.69, 9.17) is 0 Å². The summed E-state index contributed by atoms with van der Waals surface area (Å²) in [6.07, 6.45) is 0. The second-order valence-electron chi connectivity index (χ2n) is 9.92. The second-order valence-corrected chi connectivity index (χ2v) is 12.0. The molecule has 0 atom stereocenters. The van der Waals surface area contributed by atoms with Crippen LogP contribution in [0.2, 0.25) is 0 Å². The Morgan fingerprint density at radius 2 is 0.794 bits per heavy atom. The Kier molecular flexibility index (Phi) is 12.5. The maximum absolute atomic E-state index is 2.64. The average molecular weight is 507 g/mol. The monoisotopic (exact) mass is 506 g/mol. The maximum Gasteiger partial charge on any atom is 0.0328 e. The van der Waals surface area contributed by atoms with Gasteiger partial charge >= 0.3 is 0 Å². The summed E-state index contributed by atoms with van der Waals surface area (Å²) in [7, 11) is 9.10. The quantitative estimate of drug-likeness (QED) is 0.631. The third-order valence-electron chi connectivity index (χ3n) is 6.84. The molecule has 0 aliphatic carbocycles. The molecule has 0 N–H and O–H groups in total. The molecule has 0 amide bonds. The van der Waals surface area contributed by atoms with Crippen LogP contribution in [0.4, 0.5) is 0 Å². The van der Waals surface area contributed by atoms with Gasteiger partial charge in [-0.15, -0.1) is 22.7 Å². The molecule has 1 aliphatic rings. The first-order valence-corrected chi connectivity index (χ1v) is 14.5. The van der Waals surface area contributed by atoms with Gasteiger partial charge in [-0.05, 0) is 51.1 Å². The standard InChI is InChI=1S/C26H46N6S2/c1-27-9-11-28(2)13-17-31(23-25-7-5-21-33-25)19-15-30(4)16-20-32(18-14-29(3)12-10-27)24-26-8-6-22-34-26/h5-8,21-22H,9-20,23-24H2,1-4H3. The van der Waals surface area contributed by atoms with Gasteiger partial charge < -0.3 is 19.6 Å². The first kappa shape index (κ1) is 27.7. The number of rotatable bonds is 4. The molecule has 2 aromatic heterocycles. The van der Waals surface area contributed by atoms with Crippen LogP contribution in [0.1, 0.15) is 9.75 Å². The van der Waals surface area contributed by atoms with Gasteiger partial charge in [0.05, 0.1) is 0 Å². The largest absolute Gasteiger partial charge is 0.304 e. The summed E-state index contributed by atoms with van der Waals surface area (Å²) in [6, 6.07) is 8.90. The summed E-state index contributed by atoms with van der Waals surface area (Å²) in [5.41, 5.74) is 0. The van der Waals surface area contributed by atoms with Gasteiger partial charge in [0.1, 0.15) is 0 Å². The van der Waals surface area contributed by atoms with Gasteiger partial charge in [0, 0.05) is 101 Å². The van der Waals surface area contributed by atoms with E-state index in [0.29, 0.717) is 0 Å². The van der Waals surface area contributed by atoms with Crippen molar-refractivity contribution in [3.05, 3.63) is 44.8 Å². The van der Waals surface area contributed by atoms with Crippen LogP contribution < -0.4 is 0 Å². The van der Waals surface area contributed by atoms with E-state index in [1.165, 1.54) is 9.75 Å². The van der Waals surface area contributed by atoms with Gasteiger partial charge in [-0.2, -0.15) is 0 Å². The Bertz CT molecular complexity index is 691. The number of hydrogen-bond donors (Lipinski definition) is 0. The van der Waals surface area contributed by atoms with Gasteiger partial charge in [-0.3, -0.25) is 9.80 Å². The Morgan fingerprint density at radius 1 is 0.500 bits per heavy atom. The molecule has 2 aromatic rings. The van der Waals surface area contributed by atoms with Crippen molar-refractivity contribution in [1.82, 2.24) is 29.4 Å². The zero-order chi connectivity index (χ0) is 24.2. The number of nitrogens with zero attached hydrogens (tertiary/aromatic N) is 6. The summed E-state index contributed by atoms with van der Waals surface area (Å²) in [5, 5.41) is 4.40.